The molecule has 0 fully saturated rings. The Kier molecular flexibility index (Phi) is 7.22. The number of nitrogens with one attached hydrogen (secondary N) is 1. The van der Waals surface area contributed by atoms with Crippen LogP contribution in [0.5, 0.6) is 0 Å². The molecule has 23 heavy (non-hydrogen) atoms. The Hall–Kier alpha value is -1.40. The smallest absolute Gasteiger partial charge is 0.225 e. The molecule has 0 unspecified atom stereocenters. The summed E-state index contributed by atoms with van der Waals surface area (Å²) in [7, 11) is -3.27. The van der Waals surface area contributed by atoms with Gasteiger partial charge in [0.1, 0.15) is 0 Å². The number of hydrogen-bond donors (Lipinski definition) is 1. The summed E-state index contributed by atoms with van der Waals surface area (Å²) in [6, 6.07) is 4.04. The van der Waals surface area contributed by atoms with Gasteiger partial charge in [-0.25, -0.2) is 12.7 Å². The lowest BCUT2D eigenvalue weighted by Gasteiger charge is -2.19. The second kappa shape index (κ2) is 8.45. The zero-order valence-electron chi connectivity index (χ0n) is 14.8. The lowest BCUT2D eigenvalue weighted by atomic mass is 10.1. The van der Waals surface area contributed by atoms with Crippen molar-refractivity contribution in [2.75, 3.05) is 24.7 Å². The molecule has 6 heteroatoms. The third-order valence-electron chi connectivity index (χ3n) is 3.76. The second-order valence-corrected chi connectivity index (χ2v) is 8.07. The van der Waals surface area contributed by atoms with E-state index in [2.05, 4.69) is 5.32 Å². The number of hydrogen-bond acceptors (Lipinski definition) is 3. The first-order valence-corrected chi connectivity index (χ1v) is 9.82. The molecule has 1 amide bonds. The zero-order valence-corrected chi connectivity index (χ0v) is 15.6. The molecule has 1 aromatic rings. The minimum absolute atomic E-state index is 0.156. The molecular formula is C17H28N2O3S. The summed E-state index contributed by atoms with van der Waals surface area (Å²) in [6.45, 7) is 8.62. The fourth-order valence-electron chi connectivity index (χ4n) is 2.58. The number of rotatable bonds is 8. The van der Waals surface area contributed by atoms with Crippen molar-refractivity contribution in [2.45, 2.75) is 47.0 Å². The van der Waals surface area contributed by atoms with E-state index in [9.17, 15) is 13.2 Å². The number of sulfonamides is 1. The van der Waals surface area contributed by atoms with Crippen LogP contribution in [0.2, 0.25) is 0 Å². The fourth-order valence-corrected chi connectivity index (χ4v) is 3.47. The molecule has 0 spiro atoms. The van der Waals surface area contributed by atoms with E-state index in [1.165, 1.54) is 10.6 Å². The predicted molar refractivity (Wildman–Crippen MR) is 95.2 cm³/mol. The molecule has 0 aromatic heterocycles. The summed E-state index contributed by atoms with van der Waals surface area (Å²) >= 11 is 0. The van der Waals surface area contributed by atoms with Gasteiger partial charge < -0.3 is 5.32 Å². The van der Waals surface area contributed by atoms with E-state index in [4.69, 9.17) is 0 Å². The summed E-state index contributed by atoms with van der Waals surface area (Å²) in [4.78, 5) is 12.2. The van der Waals surface area contributed by atoms with Gasteiger partial charge in [-0.15, -0.1) is 0 Å². The van der Waals surface area contributed by atoms with Gasteiger partial charge in [-0.2, -0.15) is 0 Å². The normalized spacial score (nSPS) is 11.7. The first-order chi connectivity index (χ1) is 10.6. The van der Waals surface area contributed by atoms with Crippen LogP contribution in [0.25, 0.3) is 0 Å². The average molecular weight is 340 g/mol. The first kappa shape index (κ1) is 19.6. The minimum atomic E-state index is -3.27. The second-order valence-electron chi connectivity index (χ2n) is 6.09. The number of amides is 1. The van der Waals surface area contributed by atoms with Crippen molar-refractivity contribution in [3.05, 3.63) is 28.8 Å². The molecule has 1 aromatic carbocycles. The highest BCUT2D eigenvalue weighted by atomic mass is 32.2. The van der Waals surface area contributed by atoms with Crippen LogP contribution in [0.15, 0.2) is 12.1 Å². The van der Waals surface area contributed by atoms with Crippen LogP contribution in [0.1, 0.15) is 42.9 Å². The summed E-state index contributed by atoms with van der Waals surface area (Å²) in [5.74, 6) is -0.162. The van der Waals surface area contributed by atoms with Gasteiger partial charge in [-0.1, -0.05) is 31.0 Å². The molecule has 0 aliphatic rings. The van der Waals surface area contributed by atoms with E-state index in [1.807, 2.05) is 39.8 Å². The highest BCUT2D eigenvalue weighted by molar-refractivity contribution is 7.88. The molecule has 0 saturated heterocycles. The summed E-state index contributed by atoms with van der Waals surface area (Å²) < 4.78 is 24.9. The van der Waals surface area contributed by atoms with Crippen LogP contribution < -0.4 is 5.32 Å². The predicted octanol–water partition coefficient (Wildman–Crippen LogP) is 3.00. The van der Waals surface area contributed by atoms with Crippen LogP contribution in [0.3, 0.4) is 0 Å². The van der Waals surface area contributed by atoms with Crippen molar-refractivity contribution in [2.24, 2.45) is 0 Å². The molecule has 0 aliphatic heterocycles. The molecule has 0 atom stereocenters. The number of nitrogens with zero attached hydrogens (tertiary/aromatic N) is 1. The van der Waals surface area contributed by atoms with Crippen LogP contribution in [0, 0.1) is 20.8 Å². The summed E-state index contributed by atoms with van der Waals surface area (Å²) in [6.07, 6.45) is 3.06. The van der Waals surface area contributed by atoms with E-state index in [0.29, 0.717) is 6.54 Å². The topological polar surface area (TPSA) is 66.5 Å². The standard InChI is InChI=1S/C17H28N2O3S/c1-6-7-9-19(23(5,21)22)10-8-16(20)18-17-14(3)11-13(2)12-15(17)4/h11-12H,6-10H2,1-5H3,(H,18,20). The van der Waals surface area contributed by atoms with Crippen LogP contribution >= 0.6 is 0 Å². The number of anilines is 1. The van der Waals surface area contributed by atoms with Crippen LogP contribution in [-0.4, -0.2) is 38.0 Å². The summed E-state index contributed by atoms with van der Waals surface area (Å²) in [5, 5.41) is 2.91. The van der Waals surface area contributed by atoms with E-state index in [1.54, 1.807) is 0 Å². The van der Waals surface area contributed by atoms with Gasteiger partial charge in [-0.3, -0.25) is 4.79 Å². The van der Waals surface area contributed by atoms with E-state index >= 15 is 0 Å². The van der Waals surface area contributed by atoms with E-state index in [-0.39, 0.29) is 18.9 Å². The molecule has 0 saturated carbocycles. The number of carbonyl (C=O) groups is 1. The van der Waals surface area contributed by atoms with Crippen molar-refractivity contribution in [1.82, 2.24) is 4.31 Å². The molecule has 130 valence electrons. The van der Waals surface area contributed by atoms with Crippen molar-refractivity contribution in [3.8, 4) is 0 Å². The van der Waals surface area contributed by atoms with Crippen molar-refractivity contribution >= 4 is 21.6 Å². The van der Waals surface area contributed by atoms with Gasteiger partial charge in [0.15, 0.2) is 0 Å². The highest BCUT2D eigenvalue weighted by Gasteiger charge is 2.17. The van der Waals surface area contributed by atoms with Gasteiger partial charge in [0.25, 0.3) is 0 Å². The molecule has 1 rings (SSSR count). The lowest BCUT2D eigenvalue weighted by molar-refractivity contribution is -0.116. The quantitative estimate of drug-likeness (QED) is 0.791. The number of unbranched alkanes of at least 4 members (excludes halogenated alkanes) is 1. The van der Waals surface area contributed by atoms with E-state index in [0.717, 1.165) is 35.2 Å². The highest BCUT2D eigenvalue weighted by Crippen LogP contribution is 2.22. The molecule has 0 bridgehead atoms. The molecule has 0 radical (unpaired) electrons. The third kappa shape index (κ3) is 6.31. The zero-order chi connectivity index (χ0) is 17.6. The number of aryl methyl sites for hydroxylation is 3. The molecular weight excluding hydrogens is 312 g/mol. The Labute approximate surface area is 140 Å². The Bertz CT molecular complexity index is 631. The van der Waals surface area contributed by atoms with Gasteiger partial charge in [0.2, 0.25) is 15.9 Å². The SMILES string of the molecule is CCCCN(CCC(=O)Nc1c(C)cc(C)cc1C)S(C)(=O)=O. The molecule has 5 nitrogen and oxygen atoms in total. The van der Waals surface area contributed by atoms with E-state index < -0.39 is 10.0 Å². The monoisotopic (exact) mass is 340 g/mol. The Morgan fingerprint density at radius 3 is 2.17 bits per heavy atom. The van der Waals surface area contributed by atoms with Gasteiger partial charge >= 0.3 is 0 Å². The lowest BCUT2D eigenvalue weighted by Crippen LogP contribution is -2.33. The van der Waals surface area contributed by atoms with Gasteiger partial charge in [-0.05, 0) is 38.3 Å². The molecule has 0 heterocycles. The number of benzene rings is 1. The largest absolute Gasteiger partial charge is 0.326 e. The Balaban J connectivity index is 2.69. The molecule has 0 aliphatic carbocycles. The maximum Gasteiger partial charge on any atom is 0.225 e. The van der Waals surface area contributed by atoms with Crippen LogP contribution in [0.4, 0.5) is 5.69 Å². The van der Waals surface area contributed by atoms with Crippen molar-refractivity contribution in [3.63, 3.8) is 0 Å². The number of carbonyl (C=O) groups excluding carboxylic acids is 1. The Morgan fingerprint density at radius 2 is 1.70 bits per heavy atom. The van der Waals surface area contributed by atoms with Crippen LogP contribution in [-0.2, 0) is 14.8 Å². The maximum atomic E-state index is 12.2. The van der Waals surface area contributed by atoms with Gasteiger partial charge in [0, 0.05) is 25.2 Å². The maximum absolute atomic E-state index is 12.2. The molecule has 1 N–H and O–H groups in total. The minimum Gasteiger partial charge on any atom is -0.326 e. The van der Waals surface area contributed by atoms with Crippen molar-refractivity contribution in [1.29, 1.82) is 0 Å². The average Bonchev–Trinajstić information content (AvgIpc) is 2.41. The Morgan fingerprint density at radius 1 is 1.13 bits per heavy atom. The summed E-state index contributed by atoms with van der Waals surface area (Å²) in [5.41, 5.74) is 4.00. The third-order valence-corrected chi connectivity index (χ3v) is 5.06. The van der Waals surface area contributed by atoms with Gasteiger partial charge in [0.05, 0.1) is 6.26 Å². The first-order valence-electron chi connectivity index (χ1n) is 7.98. The fraction of sp³-hybridized carbons (Fsp3) is 0.588. The van der Waals surface area contributed by atoms with Crippen molar-refractivity contribution < 1.29 is 13.2 Å².